The van der Waals surface area contributed by atoms with Crippen LogP contribution in [0.15, 0.2) is 11.4 Å². The van der Waals surface area contributed by atoms with E-state index in [9.17, 15) is 4.79 Å². The first-order valence-electron chi connectivity index (χ1n) is 4.99. The van der Waals surface area contributed by atoms with Crippen LogP contribution in [0.4, 0.5) is 0 Å². The average molecular weight is 227 g/mol. The number of aryl methyl sites for hydroxylation is 1. The van der Waals surface area contributed by atoms with Crippen molar-refractivity contribution in [1.29, 1.82) is 0 Å². The SMILES string of the molecule is COCCCC(N)C(=O)c1ccsc1C. The highest BCUT2D eigenvalue weighted by atomic mass is 32.1. The number of thiophene rings is 1. The molecule has 1 unspecified atom stereocenters. The first-order chi connectivity index (χ1) is 7.16. The number of hydrogen-bond donors (Lipinski definition) is 1. The topological polar surface area (TPSA) is 52.3 Å². The smallest absolute Gasteiger partial charge is 0.180 e. The molecule has 0 aromatic carbocycles. The van der Waals surface area contributed by atoms with Crippen LogP contribution in [0.25, 0.3) is 0 Å². The quantitative estimate of drug-likeness (QED) is 0.597. The van der Waals surface area contributed by atoms with E-state index in [-0.39, 0.29) is 5.78 Å². The van der Waals surface area contributed by atoms with Crippen LogP contribution < -0.4 is 5.73 Å². The predicted molar refractivity (Wildman–Crippen MR) is 62.5 cm³/mol. The van der Waals surface area contributed by atoms with E-state index >= 15 is 0 Å². The first kappa shape index (κ1) is 12.4. The number of ketones is 1. The molecule has 1 atom stereocenters. The minimum absolute atomic E-state index is 0.0462. The van der Waals surface area contributed by atoms with Crippen LogP contribution in [0.5, 0.6) is 0 Å². The van der Waals surface area contributed by atoms with Crippen molar-refractivity contribution in [2.45, 2.75) is 25.8 Å². The maximum atomic E-state index is 11.9. The molecular weight excluding hydrogens is 210 g/mol. The van der Waals surface area contributed by atoms with Gasteiger partial charge in [-0.2, -0.15) is 0 Å². The van der Waals surface area contributed by atoms with Crippen molar-refractivity contribution in [2.24, 2.45) is 5.73 Å². The Labute approximate surface area is 94.2 Å². The Kier molecular flexibility index (Phi) is 4.94. The fraction of sp³-hybridized carbons (Fsp3) is 0.545. The van der Waals surface area contributed by atoms with Gasteiger partial charge in [-0.3, -0.25) is 4.79 Å². The van der Waals surface area contributed by atoms with E-state index in [0.717, 1.165) is 16.9 Å². The molecule has 0 bridgehead atoms. The van der Waals surface area contributed by atoms with Crippen LogP contribution in [0, 0.1) is 6.92 Å². The molecule has 1 aromatic rings. The van der Waals surface area contributed by atoms with E-state index in [1.807, 2.05) is 18.4 Å². The summed E-state index contributed by atoms with van der Waals surface area (Å²) in [6.45, 7) is 2.60. The molecule has 0 saturated carbocycles. The van der Waals surface area contributed by atoms with Crippen molar-refractivity contribution < 1.29 is 9.53 Å². The minimum Gasteiger partial charge on any atom is -0.385 e. The monoisotopic (exact) mass is 227 g/mol. The number of methoxy groups -OCH3 is 1. The maximum absolute atomic E-state index is 11.9. The van der Waals surface area contributed by atoms with Crippen LogP contribution >= 0.6 is 11.3 Å². The highest BCUT2D eigenvalue weighted by Gasteiger charge is 2.17. The fourth-order valence-electron chi connectivity index (χ4n) is 1.42. The van der Waals surface area contributed by atoms with Crippen molar-refractivity contribution in [2.75, 3.05) is 13.7 Å². The van der Waals surface area contributed by atoms with E-state index in [1.165, 1.54) is 0 Å². The Morgan fingerprint density at radius 3 is 2.93 bits per heavy atom. The lowest BCUT2D eigenvalue weighted by Gasteiger charge is -2.09. The number of carbonyl (C=O) groups excluding carboxylic acids is 1. The van der Waals surface area contributed by atoms with Gasteiger partial charge in [0.2, 0.25) is 0 Å². The van der Waals surface area contributed by atoms with Crippen molar-refractivity contribution >= 4 is 17.1 Å². The van der Waals surface area contributed by atoms with Gasteiger partial charge in [0.15, 0.2) is 5.78 Å². The maximum Gasteiger partial charge on any atom is 0.180 e. The van der Waals surface area contributed by atoms with Gasteiger partial charge in [-0.15, -0.1) is 11.3 Å². The Morgan fingerprint density at radius 2 is 2.40 bits per heavy atom. The molecule has 3 nitrogen and oxygen atoms in total. The second-order valence-corrected chi connectivity index (χ2v) is 4.62. The molecule has 15 heavy (non-hydrogen) atoms. The molecule has 2 N–H and O–H groups in total. The Morgan fingerprint density at radius 1 is 1.67 bits per heavy atom. The van der Waals surface area contributed by atoms with Gasteiger partial charge in [-0.1, -0.05) is 0 Å². The average Bonchev–Trinajstić information content (AvgIpc) is 2.63. The molecule has 1 heterocycles. The van der Waals surface area contributed by atoms with Gasteiger partial charge in [0.05, 0.1) is 6.04 Å². The molecule has 84 valence electrons. The summed E-state index contributed by atoms with van der Waals surface area (Å²) < 4.78 is 4.92. The zero-order chi connectivity index (χ0) is 11.3. The second kappa shape index (κ2) is 6.00. The van der Waals surface area contributed by atoms with Gasteiger partial charge in [0, 0.05) is 24.2 Å². The summed E-state index contributed by atoms with van der Waals surface area (Å²) in [5.74, 6) is 0.0462. The highest BCUT2D eigenvalue weighted by Crippen LogP contribution is 2.17. The van der Waals surface area contributed by atoms with E-state index < -0.39 is 6.04 Å². The lowest BCUT2D eigenvalue weighted by atomic mass is 10.0. The summed E-state index contributed by atoms with van der Waals surface area (Å²) in [7, 11) is 1.65. The molecule has 1 rings (SSSR count). The third kappa shape index (κ3) is 3.41. The summed E-state index contributed by atoms with van der Waals surface area (Å²) >= 11 is 1.58. The number of ether oxygens (including phenoxy) is 1. The summed E-state index contributed by atoms with van der Waals surface area (Å²) in [6, 6.07) is 1.45. The van der Waals surface area contributed by atoms with Crippen molar-refractivity contribution in [3.8, 4) is 0 Å². The summed E-state index contributed by atoms with van der Waals surface area (Å²) in [5.41, 5.74) is 6.59. The third-order valence-electron chi connectivity index (χ3n) is 2.32. The van der Waals surface area contributed by atoms with E-state index in [0.29, 0.717) is 13.0 Å². The third-order valence-corrected chi connectivity index (χ3v) is 3.17. The van der Waals surface area contributed by atoms with Crippen molar-refractivity contribution in [1.82, 2.24) is 0 Å². The standard InChI is InChI=1S/C11H17NO2S/c1-8-9(5-7-15-8)11(13)10(12)4-3-6-14-2/h5,7,10H,3-4,6,12H2,1-2H3. The Bertz CT molecular complexity index is 322. The zero-order valence-electron chi connectivity index (χ0n) is 9.16. The largest absolute Gasteiger partial charge is 0.385 e. The molecule has 0 aliphatic heterocycles. The minimum atomic E-state index is -0.395. The number of carbonyl (C=O) groups is 1. The van der Waals surface area contributed by atoms with Gasteiger partial charge >= 0.3 is 0 Å². The summed E-state index contributed by atoms with van der Waals surface area (Å²) in [5, 5.41) is 1.92. The van der Waals surface area contributed by atoms with Gasteiger partial charge in [0.25, 0.3) is 0 Å². The summed E-state index contributed by atoms with van der Waals surface area (Å²) in [6.07, 6.45) is 1.51. The van der Waals surface area contributed by atoms with Crippen LogP contribution in [-0.2, 0) is 4.74 Å². The lowest BCUT2D eigenvalue weighted by molar-refractivity contribution is 0.0950. The van der Waals surface area contributed by atoms with Crippen LogP contribution in [0.2, 0.25) is 0 Å². The number of rotatable bonds is 6. The number of nitrogens with two attached hydrogens (primary N) is 1. The molecule has 0 aliphatic rings. The van der Waals surface area contributed by atoms with Gasteiger partial charge in [0.1, 0.15) is 0 Å². The van der Waals surface area contributed by atoms with E-state index in [2.05, 4.69) is 0 Å². The highest BCUT2D eigenvalue weighted by molar-refractivity contribution is 7.10. The number of Topliss-reactive ketones (excluding diaryl/α,β-unsaturated/α-hetero) is 1. The second-order valence-electron chi connectivity index (χ2n) is 3.50. The van der Waals surface area contributed by atoms with Crippen molar-refractivity contribution in [3.63, 3.8) is 0 Å². The molecule has 4 heteroatoms. The zero-order valence-corrected chi connectivity index (χ0v) is 9.97. The molecule has 0 fully saturated rings. The molecule has 0 spiro atoms. The molecule has 0 aliphatic carbocycles. The van der Waals surface area contributed by atoms with E-state index in [1.54, 1.807) is 18.4 Å². The number of hydrogen-bond acceptors (Lipinski definition) is 4. The Hall–Kier alpha value is -0.710. The Balaban J connectivity index is 2.50. The molecule has 0 saturated heterocycles. The van der Waals surface area contributed by atoms with Crippen molar-refractivity contribution in [3.05, 3.63) is 21.9 Å². The molecule has 0 amide bonds. The van der Waals surface area contributed by atoms with E-state index in [4.69, 9.17) is 10.5 Å². The predicted octanol–water partition coefficient (Wildman–Crippen LogP) is 1.99. The van der Waals surface area contributed by atoms with Crippen LogP contribution in [-0.4, -0.2) is 25.5 Å². The fourth-order valence-corrected chi connectivity index (χ4v) is 2.12. The van der Waals surface area contributed by atoms with Gasteiger partial charge in [-0.05, 0) is 31.2 Å². The van der Waals surface area contributed by atoms with Crippen LogP contribution in [0.1, 0.15) is 28.1 Å². The first-order valence-corrected chi connectivity index (χ1v) is 5.87. The molecule has 1 aromatic heterocycles. The van der Waals surface area contributed by atoms with Crippen LogP contribution in [0.3, 0.4) is 0 Å². The van der Waals surface area contributed by atoms with Gasteiger partial charge in [-0.25, -0.2) is 0 Å². The normalized spacial score (nSPS) is 12.7. The molecule has 0 radical (unpaired) electrons. The molecular formula is C11H17NO2S. The van der Waals surface area contributed by atoms with Gasteiger partial charge < -0.3 is 10.5 Å². The summed E-state index contributed by atoms with van der Waals surface area (Å²) in [4.78, 5) is 12.9. The lowest BCUT2D eigenvalue weighted by Crippen LogP contribution is -2.30.